The molecule has 0 aliphatic carbocycles. The third kappa shape index (κ3) is 2.53. The Morgan fingerprint density at radius 1 is 1.13 bits per heavy atom. The lowest BCUT2D eigenvalue weighted by Gasteiger charge is -2.21. The lowest BCUT2D eigenvalue weighted by atomic mass is 10.1. The van der Waals surface area contributed by atoms with Crippen molar-refractivity contribution >= 4 is 5.69 Å². The van der Waals surface area contributed by atoms with Crippen molar-refractivity contribution in [1.82, 2.24) is 0 Å². The molecule has 1 aliphatic rings. The van der Waals surface area contributed by atoms with Crippen molar-refractivity contribution in [2.24, 2.45) is 0 Å². The Morgan fingerprint density at radius 2 is 1.87 bits per heavy atom. The van der Waals surface area contributed by atoms with E-state index in [1.807, 2.05) is 0 Å². The van der Waals surface area contributed by atoms with Gasteiger partial charge in [0.25, 0.3) is 0 Å². The molecule has 1 aromatic rings. The summed E-state index contributed by atoms with van der Waals surface area (Å²) in [6.45, 7) is 4.77. The normalized spacial score (nSPS) is 15.9. The molecule has 0 radical (unpaired) electrons. The quantitative estimate of drug-likeness (QED) is 0.722. The van der Waals surface area contributed by atoms with E-state index in [9.17, 15) is 0 Å². The first kappa shape index (κ1) is 10.5. The molecule has 2 rings (SSSR count). The van der Waals surface area contributed by atoms with Crippen LogP contribution in [0.2, 0.25) is 0 Å². The van der Waals surface area contributed by atoms with E-state index in [4.69, 9.17) is 0 Å². The van der Waals surface area contributed by atoms with E-state index < -0.39 is 0 Å². The molecular formula is C14H21N. The largest absolute Gasteiger partial charge is 0.371 e. The molecule has 0 saturated carbocycles. The van der Waals surface area contributed by atoms with Crippen LogP contribution in [-0.2, 0) is 6.42 Å². The van der Waals surface area contributed by atoms with Gasteiger partial charge in [0.15, 0.2) is 0 Å². The lowest BCUT2D eigenvalue weighted by Crippen LogP contribution is -2.19. The molecule has 1 saturated heterocycles. The first-order valence-corrected chi connectivity index (χ1v) is 6.24. The first-order valence-electron chi connectivity index (χ1n) is 6.24. The fourth-order valence-corrected chi connectivity index (χ4v) is 2.36. The molecule has 1 nitrogen and oxygen atoms in total. The zero-order valence-electron chi connectivity index (χ0n) is 9.71. The summed E-state index contributed by atoms with van der Waals surface area (Å²) >= 11 is 0. The molecule has 0 spiro atoms. The molecule has 1 fully saturated rings. The topological polar surface area (TPSA) is 3.24 Å². The lowest BCUT2D eigenvalue weighted by molar-refractivity contribution is 0.790. The SMILES string of the molecule is CCCCc1ccccc1N1CCCC1. The Labute approximate surface area is 93.1 Å². The zero-order chi connectivity index (χ0) is 10.5. The third-order valence-electron chi connectivity index (χ3n) is 3.24. The van der Waals surface area contributed by atoms with Crippen molar-refractivity contribution in [3.8, 4) is 0 Å². The second kappa shape index (κ2) is 5.20. The Hall–Kier alpha value is -0.980. The van der Waals surface area contributed by atoms with Gasteiger partial charge in [0.2, 0.25) is 0 Å². The van der Waals surface area contributed by atoms with Gasteiger partial charge in [0.1, 0.15) is 0 Å². The minimum atomic E-state index is 1.24. The minimum Gasteiger partial charge on any atom is -0.371 e. The maximum atomic E-state index is 2.55. The van der Waals surface area contributed by atoms with Gasteiger partial charge in [-0.15, -0.1) is 0 Å². The third-order valence-corrected chi connectivity index (χ3v) is 3.24. The van der Waals surface area contributed by atoms with E-state index >= 15 is 0 Å². The average molecular weight is 203 g/mol. The van der Waals surface area contributed by atoms with Crippen LogP contribution in [0.15, 0.2) is 24.3 Å². The highest BCUT2D eigenvalue weighted by atomic mass is 15.1. The van der Waals surface area contributed by atoms with E-state index in [2.05, 4.69) is 36.1 Å². The van der Waals surface area contributed by atoms with Crippen molar-refractivity contribution in [1.29, 1.82) is 0 Å². The van der Waals surface area contributed by atoms with Crippen LogP contribution in [0.3, 0.4) is 0 Å². The van der Waals surface area contributed by atoms with Gasteiger partial charge in [-0.05, 0) is 37.3 Å². The Kier molecular flexibility index (Phi) is 3.65. The smallest absolute Gasteiger partial charge is 0.0398 e. The average Bonchev–Trinajstić information content (AvgIpc) is 2.80. The molecule has 0 atom stereocenters. The molecule has 82 valence electrons. The molecule has 0 amide bonds. The van der Waals surface area contributed by atoms with Gasteiger partial charge in [-0.1, -0.05) is 31.5 Å². The molecule has 0 aromatic heterocycles. The van der Waals surface area contributed by atoms with Gasteiger partial charge in [-0.3, -0.25) is 0 Å². The minimum absolute atomic E-state index is 1.24. The van der Waals surface area contributed by atoms with Gasteiger partial charge < -0.3 is 4.90 Å². The molecule has 1 heteroatoms. The van der Waals surface area contributed by atoms with E-state index in [0.717, 1.165) is 0 Å². The van der Waals surface area contributed by atoms with Crippen molar-refractivity contribution in [3.63, 3.8) is 0 Å². The van der Waals surface area contributed by atoms with Gasteiger partial charge in [0.05, 0.1) is 0 Å². The maximum Gasteiger partial charge on any atom is 0.0398 e. The Bertz CT molecular complexity index is 300. The number of rotatable bonds is 4. The summed E-state index contributed by atoms with van der Waals surface area (Å²) in [6.07, 6.45) is 6.56. The molecule has 1 heterocycles. The standard InChI is InChI=1S/C14H21N/c1-2-3-8-13-9-4-5-10-14(13)15-11-6-7-12-15/h4-5,9-10H,2-3,6-8,11-12H2,1H3. The molecule has 1 aromatic carbocycles. The van der Waals surface area contributed by atoms with Crippen LogP contribution >= 0.6 is 0 Å². The first-order chi connectivity index (χ1) is 7.42. The molecule has 0 bridgehead atoms. The monoisotopic (exact) mass is 203 g/mol. The highest BCUT2D eigenvalue weighted by Gasteiger charge is 2.14. The van der Waals surface area contributed by atoms with Crippen LogP contribution < -0.4 is 4.90 Å². The summed E-state index contributed by atoms with van der Waals surface area (Å²) < 4.78 is 0. The number of nitrogens with zero attached hydrogens (tertiary/aromatic N) is 1. The second-order valence-electron chi connectivity index (χ2n) is 4.43. The van der Waals surface area contributed by atoms with Gasteiger partial charge >= 0.3 is 0 Å². The fourth-order valence-electron chi connectivity index (χ4n) is 2.36. The molecule has 0 N–H and O–H groups in total. The van der Waals surface area contributed by atoms with Crippen LogP contribution in [0.1, 0.15) is 38.2 Å². The van der Waals surface area contributed by atoms with Crippen LogP contribution in [0.4, 0.5) is 5.69 Å². The second-order valence-corrected chi connectivity index (χ2v) is 4.43. The molecule has 1 aliphatic heterocycles. The number of aryl methyl sites for hydroxylation is 1. The summed E-state index contributed by atoms with van der Waals surface area (Å²) in [5.41, 5.74) is 3.03. The predicted octanol–water partition coefficient (Wildman–Crippen LogP) is 3.63. The van der Waals surface area contributed by atoms with Gasteiger partial charge in [-0.25, -0.2) is 0 Å². The van der Waals surface area contributed by atoms with Crippen molar-refractivity contribution < 1.29 is 0 Å². The number of hydrogen-bond acceptors (Lipinski definition) is 1. The highest BCUT2D eigenvalue weighted by molar-refractivity contribution is 5.54. The van der Waals surface area contributed by atoms with Crippen molar-refractivity contribution in [2.45, 2.75) is 39.0 Å². The summed E-state index contributed by atoms with van der Waals surface area (Å²) in [4.78, 5) is 2.55. The number of unbranched alkanes of at least 4 members (excludes halogenated alkanes) is 1. The van der Waals surface area contributed by atoms with E-state index in [0.29, 0.717) is 0 Å². The molecule has 15 heavy (non-hydrogen) atoms. The predicted molar refractivity (Wildman–Crippen MR) is 66.5 cm³/mol. The Balaban J connectivity index is 2.13. The number of anilines is 1. The van der Waals surface area contributed by atoms with Crippen LogP contribution in [0.5, 0.6) is 0 Å². The molecule has 0 unspecified atom stereocenters. The number of para-hydroxylation sites is 1. The number of hydrogen-bond donors (Lipinski definition) is 0. The van der Waals surface area contributed by atoms with Crippen LogP contribution in [-0.4, -0.2) is 13.1 Å². The highest BCUT2D eigenvalue weighted by Crippen LogP contribution is 2.25. The van der Waals surface area contributed by atoms with E-state index in [-0.39, 0.29) is 0 Å². The number of benzene rings is 1. The van der Waals surface area contributed by atoms with Crippen molar-refractivity contribution in [3.05, 3.63) is 29.8 Å². The molecular weight excluding hydrogens is 182 g/mol. The van der Waals surface area contributed by atoms with Crippen molar-refractivity contribution in [2.75, 3.05) is 18.0 Å². The van der Waals surface area contributed by atoms with Crippen LogP contribution in [0.25, 0.3) is 0 Å². The summed E-state index contributed by atoms with van der Waals surface area (Å²) in [6, 6.07) is 8.92. The Morgan fingerprint density at radius 3 is 2.60 bits per heavy atom. The van der Waals surface area contributed by atoms with E-state index in [1.165, 1.54) is 50.9 Å². The summed E-state index contributed by atoms with van der Waals surface area (Å²) in [5, 5.41) is 0. The summed E-state index contributed by atoms with van der Waals surface area (Å²) in [5.74, 6) is 0. The fraction of sp³-hybridized carbons (Fsp3) is 0.571. The van der Waals surface area contributed by atoms with Gasteiger partial charge in [0, 0.05) is 18.8 Å². The van der Waals surface area contributed by atoms with Gasteiger partial charge in [-0.2, -0.15) is 0 Å². The maximum absolute atomic E-state index is 2.55. The van der Waals surface area contributed by atoms with Crippen LogP contribution in [0, 0.1) is 0 Å². The van der Waals surface area contributed by atoms with E-state index in [1.54, 1.807) is 5.56 Å². The zero-order valence-corrected chi connectivity index (χ0v) is 9.71. The summed E-state index contributed by atoms with van der Waals surface area (Å²) in [7, 11) is 0.